The summed E-state index contributed by atoms with van der Waals surface area (Å²) in [5, 5.41) is 11.0. The molecule has 4 aliphatic rings. The van der Waals surface area contributed by atoms with Crippen LogP contribution >= 0.6 is 0 Å². The lowest BCUT2D eigenvalue weighted by molar-refractivity contribution is -0.319. The molecule has 0 aromatic heterocycles. The van der Waals surface area contributed by atoms with Crippen molar-refractivity contribution in [2.75, 3.05) is 28.3 Å². The lowest BCUT2D eigenvalue weighted by Gasteiger charge is -2.50. The van der Waals surface area contributed by atoms with Crippen LogP contribution in [0.5, 0.6) is 0 Å². The SMILES string of the molecule is CCC1CC(=O)[C@H](C)C(O[C@H]2C[C@@](C)(OC)[C@@H](O)[C@H](C)O2)[C@H](C)[C@@H](O[C@@H]2O[C@H](C)C[C@H](N(C)C)[C@H]2OC(C)=O)[C@](C)(OC)C[C@@H](C)C(=O)[C@H](C)[C@H]2OC(=O)O[C@]12C. The average molecular weight is 814 g/mol. The van der Waals surface area contributed by atoms with Gasteiger partial charge in [0, 0.05) is 57.7 Å². The van der Waals surface area contributed by atoms with Gasteiger partial charge in [-0.2, -0.15) is 0 Å². The molecule has 0 amide bonds. The van der Waals surface area contributed by atoms with Crippen molar-refractivity contribution in [3.05, 3.63) is 0 Å². The van der Waals surface area contributed by atoms with Gasteiger partial charge in [0.05, 0.1) is 47.6 Å². The van der Waals surface area contributed by atoms with Crippen LogP contribution in [0.3, 0.4) is 0 Å². The zero-order chi connectivity index (χ0) is 42.9. The van der Waals surface area contributed by atoms with Crippen LogP contribution in [-0.2, 0) is 57.0 Å². The number of aliphatic hydroxyl groups is 1. The topological polar surface area (TPSA) is 175 Å². The number of carbonyl (C=O) groups excluding carboxylic acids is 4. The van der Waals surface area contributed by atoms with Gasteiger partial charge in [0.25, 0.3) is 0 Å². The fourth-order valence-electron chi connectivity index (χ4n) is 9.95. The van der Waals surface area contributed by atoms with Gasteiger partial charge in [-0.25, -0.2) is 4.79 Å². The van der Waals surface area contributed by atoms with Gasteiger partial charge in [-0.05, 0) is 68.0 Å². The molecule has 18 atom stereocenters. The summed E-state index contributed by atoms with van der Waals surface area (Å²) in [6.07, 6.45) is -7.03. The molecule has 15 nitrogen and oxygen atoms in total. The second-order valence-corrected chi connectivity index (χ2v) is 18.1. The van der Waals surface area contributed by atoms with Crippen LogP contribution in [-0.4, -0.2) is 140 Å². The molecule has 1 N–H and O–H groups in total. The maximum Gasteiger partial charge on any atom is 0.509 e. The minimum absolute atomic E-state index is 0.00383. The molecule has 0 bridgehead atoms. The molecule has 0 radical (unpaired) electrons. The molecule has 4 rings (SSSR count). The van der Waals surface area contributed by atoms with Crippen molar-refractivity contribution in [3.63, 3.8) is 0 Å². The zero-order valence-corrected chi connectivity index (χ0v) is 36.9. The van der Waals surface area contributed by atoms with Crippen molar-refractivity contribution < 1.29 is 66.9 Å². The maximum atomic E-state index is 14.7. The second kappa shape index (κ2) is 18.6. The lowest BCUT2D eigenvalue weighted by atomic mass is 9.69. The van der Waals surface area contributed by atoms with E-state index in [1.807, 2.05) is 53.6 Å². The highest BCUT2D eigenvalue weighted by Crippen LogP contribution is 2.45. The number of fused-ring (bicyclic) bond motifs is 1. The Morgan fingerprint density at radius 1 is 0.895 bits per heavy atom. The van der Waals surface area contributed by atoms with Gasteiger partial charge in [0.1, 0.15) is 17.7 Å². The first-order valence-corrected chi connectivity index (χ1v) is 20.7. The zero-order valence-electron chi connectivity index (χ0n) is 36.9. The van der Waals surface area contributed by atoms with E-state index in [-0.39, 0.29) is 43.0 Å². The third kappa shape index (κ3) is 9.88. The van der Waals surface area contributed by atoms with Crippen molar-refractivity contribution >= 4 is 23.7 Å². The number of Topliss-reactive ketones (excluding diaryl/α,β-unsaturated/α-hetero) is 2. The van der Waals surface area contributed by atoms with E-state index in [4.69, 9.17) is 42.6 Å². The Hall–Kier alpha value is -2.24. The number of carbonyl (C=O) groups is 4. The quantitative estimate of drug-likeness (QED) is 0.313. The minimum Gasteiger partial charge on any atom is -0.455 e. The van der Waals surface area contributed by atoms with Crippen molar-refractivity contribution in [1.82, 2.24) is 4.90 Å². The van der Waals surface area contributed by atoms with Gasteiger partial charge in [-0.3, -0.25) is 14.4 Å². The van der Waals surface area contributed by atoms with Crippen LogP contribution in [0.15, 0.2) is 0 Å². The summed E-state index contributed by atoms with van der Waals surface area (Å²) in [4.78, 5) is 56.5. The predicted molar refractivity (Wildman–Crippen MR) is 207 cm³/mol. The summed E-state index contributed by atoms with van der Waals surface area (Å²) < 4.78 is 56.4. The number of hydrogen-bond donors (Lipinski definition) is 1. The van der Waals surface area contributed by atoms with Crippen LogP contribution in [0.2, 0.25) is 0 Å². The van der Waals surface area contributed by atoms with Gasteiger partial charge in [0.15, 0.2) is 30.4 Å². The van der Waals surface area contributed by atoms with E-state index in [9.17, 15) is 24.3 Å². The number of esters is 1. The van der Waals surface area contributed by atoms with Crippen molar-refractivity contribution in [2.45, 2.75) is 186 Å². The number of hydrogen-bond acceptors (Lipinski definition) is 15. The molecule has 4 fully saturated rings. The number of nitrogens with zero attached hydrogens (tertiary/aromatic N) is 1. The molecule has 328 valence electrons. The van der Waals surface area contributed by atoms with E-state index in [1.165, 1.54) is 14.0 Å². The van der Waals surface area contributed by atoms with E-state index in [2.05, 4.69) is 0 Å². The van der Waals surface area contributed by atoms with E-state index in [0.717, 1.165) is 0 Å². The fourth-order valence-corrected chi connectivity index (χ4v) is 9.95. The average Bonchev–Trinajstić information content (AvgIpc) is 3.46. The Labute approximate surface area is 339 Å². The third-order valence-electron chi connectivity index (χ3n) is 13.6. The van der Waals surface area contributed by atoms with Crippen LogP contribution in [0.1, 0.15) is 108 Å². The smallest absolute Gasteiger partial charge is 0.455 e. The largest absolute Gasteiger partial charge is 0.509 e. The molecule has 1 saturated carbocycles. The number of ether oxygens (including phenoxy) is 9. The molecule has 0 spiro atoms. The Balaban J connectivity index is 1.91. The Bertz CT molecular complexity index is 1430. The highest BCUT2D eigenvalue weighted by Gasteiger charge is 2.58. The monoisotopic (exact) mass is 813 g/mol. The molecule has 3 heterocycles. The first-order valence-electron chi connectivity index (χ1n) is 20.7. The van der Waals surface area contributed by atoms with Gasteiger partial charge >= 0.3 is 12.1 Å². The molecule has 3 aliphatic heterocycles. The summed E-state index contributed by atoms with van der Waals surface area (Å²) in [6.45, 7) is 19.6. The van der Waals surface area contributed by atoms with Crippen LogP contribution < -0.4 is 0 Å². The van der Waals surface area contributed by atoms with Gasteiger partial charge in [0.2, 0.25) is 0 Å². The van der Waals surface area contributed by atoms with Crippen molar-refractivity contribution in [2.24, 2.45) is 29.6 Å². The first-order chi connectivity index (χ1) is 26.5. The molecule has 15 heteroatoms. The standard InChI is InChI=1S/C42H71NO14/c1-16-28-18-30(45)23(4)33(54-31-20-40(9,49-14)35(47)26(7)52-31)25(6)36(55-38-34(53-27(8)44)29(43(12)13)17-22(3)51-38)41(10,50-15)19-21(2)32(46)24(5)37-42(28,11)57-39(48)56-37/h21-26,28-29,31,33-38,47H,16-20H2,1-15H3/t21-,22-,23+,24+,25+,26+,28?,29+,31+,33?,34-,35+,36-,37-,38+,40-,41-,42-/m1/s1. The molecule has 3 saturated heterocycles. The van der Waals surface area contributed by atoms with Crippen LogP contribution in [0.25, 0.3) is 0 Å². The number of methoxy groups -OCH3 is 2. The number of rotatable bonds is 9. The molecular formula is C42H71NO14. The Morgan fingerprint density at radius 3 is 2.09 bits per heavy atom. The normalized spacial score (nSPS) is 46.5. The molecule has 1 aliphatic carbocycles. The van der Waals surface area contributed by atoms with E-state index < -0.39 is 108 Å². The van der Waals surface area contributed by atoms with Crippen molar-refractivity contribution in [3.8, 4) is 0 Å². The van der Waals surface area contributed by atoms with E-state index >= 15 is 0 Å². The summed E-state index contributed by atoms with van der Waals surface area (Å²) in [6, 6.07) is -0.258. The number of aliphatic hydroxyl groups excluding tert-OH is 1. The molecule has 57 heavy (non-hydrogen) atoms. The molecule has 0 aromatic carbocycles. The second-order valence-electron chi connectivity index (χ2n) is 18.1. The highest BCUT2D eigenvalue weighted by molar-refractivity contribution is 5.85. The number of ketones is 2. The summed E-state index contributed by atoms with van der Waals surface area (Å²) in [7, 11) is 6.88. The summed E-state index contributed by atoms with van der Waals surface area (Å²) in [5.74, 6) is -4.20. The first kappa shape index (κ1) is 47.4. The molecule has 2 unspecified atom stereocenters. The minimum atomic E-state index is -1.26. The molecular weight excluding hydrogens is 742 g/mol. The summed E-state index contributed by atoms with van der Waals surface area (Å²) >= 11 is 0. The van der Waals surface area contributed by atoms with Gasteiger partial charge in [-0.1, -0.05) is 34.6 Å². The van der Waals surface area contributed by atoms with Gasteiger partial charge in [-0.15, -0.1) is 0 Å². The number of likely N-dealkylation sites (N-methyl/N-ethyl adjacent to an activating group) is 1. The van der Waals surface area contributed by atoms with Gasteiger partial charge < -0.3 is 52.6 Å². The maximum absolute atomic E-state index is 14.7. The highest BCUT2D eigenvalue weighted by atomic mass is 16.8. The van der Waals surface area contributed by atoms with Crippen LogP contribution in [0, 0.1) is 29.6 Å². The van der Waals surface area contributed by atoms with Crippen LogP contribution in [0.4, 0.5) is 4.79 Å². The third-order valence-corrected chi connectivity index (χ3v) is 13.6. The van der Waals surface area contributed by atoms with Crippen molar-refractivity contribution in [1.29, 1.82) is 0 Å². The Kier molecular flexibility index (Phi) is 15.5. The predicted octanol–water partition coefficient (Wildman–Crippen LogP) is 4.86. The summed E-state index contributed by atoms with van der Waals surface area (Å²) in [5.41, 5.74) is -3.52. The lowest BCUT2D eigenvalue weighted by Crippen LogP contribution is -2.61. The van der Waals surface area contributed by atoms with E-state index in [0.29, 0.717) is 12.8 Å². The Morgan fingerprint density at radius 2 is 1.53 bits per heavy atom. The molecule has 0 aromatic rings. The van der Waals surface area contributed by atoms with E-state index in [1.54, 1.807) is 41.7 Å². The fraction of sp³-hybridized carbons (Fsp3) is 0.905.